The fourth-order valence-electron chi connectivity index (χ4n) is 4.87. The number of carbonyl (C=O) groups excluding carboxylic acids is 4. The number of nitrogens with zero attached hydrogens (tertiary/aromatic N) is 1. The molecule has 0 bridgehead atoms. The average molecular weight is 626 g/mol. The SMILES string of the molecule is CC(C)OC(=O)N[C@@H](CCCCC/C=C\C1C[C@@H]1C(=O)NS(=O)(=O)Nc1ccc(Cl)cc1)C(=O)N1CCC[C@H]1C(N)=O. The van der Waals surface area contributed by atoms with Crippen molar-refractivity contribution >= 4 is 51.3 Å². The highest BCUT2D eigenvalue weighted by molar-refractivity contribution is 7.91. The van der Waals surface area contributed by atoms with Gasteiger partial charge in [-0.2, -0.15) is 8.42 Å². The van der Waals surface area contributed by atoms with E-state index in [0.717, 1.165) is 19.3 Å². The molecule has 0 spiro atoms. The lowest BCUT2D eigenvalue weighted by Gasteiger charge is -2.28. The van der Waals surface area contributed by atoms with Crippen molar-refractivity contribution in [3.05, 3.63) is 41.4 Å². The van der Waals surface area contributed by atoms with E-state index in [1.165, 1.54) is 29.2 Å². The average Bonchev–Trinajstić information content (AvgIpc) is 3.51. The molecule has 42 heavy (non-hydrogen) atoms. The number of hydrogen-bond acceptors (Lipinski definition) is 7. The van der Waals surface area contributed by atoms with E-state index in [9.17, 15) is 27.6 Å². The van der Waals surface area contributed by atoms with E-state index in [1.807, 2.05) is 12.2 Å². The van der Waals surface area contributed by atoms with Crippen LogP contribution in [0.3, 0.4) is 0 Å². The molecule has 14 heteroatoms. The topological polar surface area (TPSA) is 177 Å². The summed E-state index contributed by atoms with van der Waals surface area (Å²) in [4.78, 5) is 51.0. The molecule has 1 unspecified atom stereocenters. The predicted octanol–water partition coefficient (Wildman–Crippen LogP) is 3.24. The first kappa shape index (κ1) is 33.2. The van der Waals surface area contributed by atoms with Crippen molar-refractivity contribution in [2.45, 2.75) is 83.4 Å². The van der Waals surface area contributed by atoms with Crippen molar-refractivity contribution in [3.8, 4) is 0 Å². The number of hydrogen-bond donors (Lipinski definition) is 4. The van der Waals surface area contributed by atoms with Gasteiger partial charge in [-0.15, -0.1) is 0 Å². The van der Waals surface area contributed by atoms with Gasteiger partial charge >= 0.3 is 16.3 Å². The molecule has 12 nitrogen and oxygen atoms in total. The van der Waals surface area contributed by atoms with Gasteiger partial charge in [-0.3, -0.25) is 19.1 Å². The van der Waals surface area contributed by atoms with Crippen molar-refractivity contribution < 1.29 is 32.3 Å². The number of benzene rings is 1. The summed E-state index contributed by atoms with van der Waals surface area (Å²) in [5.41, 5.74) is 5.76. The monoisotopic (exact) mass is 625 g/mol. The van der Waals surface area contributed by atoms with Crippen LogP contribution >= 0.6 is 11.6 Å². The number of primary amides is 1. The quantitative estimate of drug-likeness (QED) is 0.171. The van der Waals surface area contributed by atoms with E-state index in [4.69, 9.17) is 22.1 Å². The van der Waals surface area contributed by atoms with Crippen LogP contribution in [0.15, 0.2) is 36.4 Å². The molecule has 2 fully saturated rings. The molecular weight excluding hydrogens is 586 g/mol. The fourth-order valence-corrected chi connectivity index (χ4v) is 5.91. The zero-order valence-corrected chi connectivity index (χ0v) is 25.5. The van der Waals surface area contributed by atoms with Crippen LogP contribution in [-0.4, -0.2) is 61.9 Å². The van der Waals surface area contributed by atoms with Gasteiger partial charge in [0.1, 0.15) is 12.1 Å². The fraction of sp³-hybridized carbons (Fsp3) is 0.571. The van der Waals surface area contributed by atoms with Gasteiger partial charge in [0.25, 0.3) is 0 Å². The van der Waals surface area contributed by atoms with Gasteiger partial charge < -0.3 is 20.7 Å². The Morgan fingerprint density at radius 2 is 1.86 bits per heavy atom. The second kappa shape index (κ2) is 15.2. The Morgan fingerprint density at radius 3 is 2.52 bits per heavy atom. The van der Waals surface area contributed by atoms with Gasteiger partial charge in [-0.05, 0) is 82.6 Å². The van der Waals surface area contributed by atoms with Crippen LogP contribution in [0.1, 0.15) is 65.2 Å². The highest BCUT2D eigenvalue weighted by Gasteiger charge is 2.42. The zero-order chi connectivity index (χ0) is 30.9. The molecule has 0 aromatic heterocycles. The van der Waals surface area contributed by atoms with Crippen LogP contribution in [0.25, 0.3) is 0 Å². The van der Waals surface area contributed by atoms with Crippen LogP contribution in [0.5, 0.6) is 0 Å². The van der Waals surface area contributed by atoms with Gasteiger partial charge in [0.2, 0.25) is 17.7 Å². The van der Waals surface area contributed by atoms with Gasteiger partial charge in [0.15, 0.2) is 0 Å². The lowest BCUT2D eigenvalue weighted by molar-refractivity contribution is -0.139. The number of anilines is 1. The van der Waals surface area contributed by atoms with Gasteiger partial charge in [0, 0.05) is 17.5 Å². The Bertz CT molecular complexity index is 1260. The smallest absolute Gasteiger partial charge is 0.408 e. The third-order valence-electron chi connectivity index (χ3n) is 7.05. The molecule has 1 aliphatic carbocycles. The largest absolute Gasteiger partial charge is 0.447 e. The van der Waals surface area contributed by atoms with E-state index >= 15 is 0 Å². The zero-order valence-electron chi connectivity index (χ0n) is 23.9. The van der Waals surface area contributed by atoms with Gasteiger partial charge in [-0.25, -0.2) is 9.52 Å². The van der Waals surface area contributed by atoms with Crippen molar-refractivity contribution in [3.63, 3.8) is 0 Å². The number of allylic oxidation sites excluding steroid dienone is 2. The first-order valence-corrected chi connectivity index (χ1v) is 16.1. The Morgan fingerprint density at radius 1 is 1.14 bits per heavy atom. The molecule has 1 aromatic rings. The molecular formula is C28H40ClN5O7S. The summed E-state index contributed by atoms with van der Waals surface area (Å²) < 4.78 is 34.0. The third kappa shape index (κ3) is 10.5. The van der Waals surface area contributed by atoms with Crippen molar-refractivity contribution in [2.75, 3.05) is 11.3 Å². The molecule has 232 valence electrons. The highest BCUT2D eigenvalue weighted by Crippen LogP contribution is 2.40. The summed E-state index contributed by atoms with van der Waals surface area (Å²) in [5.74, 6) is -1.86. The molecule has 1 heterocycles. The number of nitrogens with one attached hydrogen (secondary N) is 3. The number of nitrogens with two attached hydrogens (primary N) is 1. The molecule has 1 aliphatic heterocycles. The molecule has 3 rings (SSSR count). The number of unbranched alkanes of at least 4 members (excludes halogenated alkanes) is 3. The lowest BCUT2D eigenvalue weighted by atomic mass is 10.0. The highest BCUT2D eigenvalue weighted by atomic mass is 35.5. The Kier molecular flexibility index (Phi) is 12.0. The second-order valence-electron chi connectivity index (χ2n) is 10.9. The normalized spacial score (nSPS) is 20.8. The molecule has 1 saturated heterocycles. The van der Waals surface area contributed by atoms with E-state index in [0.29, 0.717) is 49.4 Å². The molecule has 1 aromatic carbocycles. The Balaban J connectivity index is 1.39. The Labute approximate surface area is 251 Å². The minimum atomic E-state index is -4.05. The molecule has 4 atom stereocenters. The summed E-state index contributed by atoms with van der Waals surface area (Å²) in [6.45, 7) is 3.84. The number of carbonyl (C=O) groups is 4. The van der Waals surface area contributed by atoms with E-state index < -0.39 is 46.1 Å². The third-order valence-corrected chi connectivity index (χ3v) is 8.28. The summed E-state index contributed by atoms with van der Waals surface area (Å²) >= 11 is 5.80. The van der Waals surface area contributed by atoms with E-state index in [2.05, 4.69) is 14.8 Å². The maximum absolute atomic E-state index is 13.2. The van der Waals surface area contributed by atoms with Crippen LogP contribution in [-0.2, 0) is 29.3 Å². The maximum atomic E-state index is 13.2. The lowest BCUT2D eigenvalue weighted by Crippen LogP contribution is -2.53. The van der Waals surface area contributed by atoms with Crippen LogP contribution in [0.4, 0.5) is 10.5 Å². The van der Waals surface area contributed by atoms with Crippen molar-refractivity contribution in [1.82, 2.24) is 14.9 Å². The summed E-state index contributed by atoms with van der Waals surface area (Å²) in [5, 5.41) is 3.11. The molecule has 4 amide bonds. The van der Waals surface area contributed by atoms with Crippen molar-refractivity contribution in [1.29, 1.82) is 0 Å². The summed E-state index contributed by atoms with van der Waals surface area (Å²) in [6, 6.07) is 4.59. The van der Waals surface area contributed by atoms with Gasteiger partial charge in [0.05, 0.1) is 11.8 Å². The van der Waals surface area contributed by atoms with E-state index in [1.54, 1.807) is 13.8 Å². The maximum Gasteiger partial charge on any atom is 0.408 e. The predicted molar refractivity (Wildman–Crippen MR) is 158 cm³/mol. The molecule has 1 saturated carbocycles. The minimum Gasteiger partial charge on any atom is -0.447 e. The summed E-state index contributed by atoms with van der Waals surface area (Å²) in [7, 11) is -4.05. The van der Waals surface area contributed by atoms with Crippen LogP contribution in [0.2, 0.25) is 5.02 Å². The molecule has 0 radical (unpaired) electrons. The van der Waals surface area contributed by atoms with E-state index in [-0.39, 0.29) is 17.9 Å². The number of likely N-dealkylation sites (tertiary alicyclic amines) is 1. The second-order valence-corrected chi connectivity index (χ2v) is 12.7. The Hall–Kier alpha value is -3.32. The van der Waals surface area contributed by atoms with Crippen LogP contribution in [0, 0.1) is 11.8 Å². The standard InChI is InChI=1S/C28H40ClN5O7S/c1-18(2)41-28(38)31-23(27(37)34-16-8-11-24(34)25(30)35)10-7-5-3-4-6-9-19-17-22(19)26(36)33-42(39,40)32-21-14-12-20(29)13-15-21/h6,9,12-15,18-19,22-24,32H,3-5,7-8,10-11,16-17H2,1-2H3,(H2,30,35)(H,31,38)(H,33,36)/b9-6-/t19?,22-,23-,24-/m0/s1. The number of rotatable bonds is 15. The number of halogens is 1. The van der Waals surface area contributed by atoms with Crippen molar-refractivity contribution in [2.24, 2.45) is 17.6 Å². The number of amides is 4. The minimum absolute atomic E-state index is 0.0208. The number of alkyl carbamates (subject to hydrolysis) is 1. The molecule has 2 aliphatic rings. The van der Waals surface area contributed by atoms with Gasteiger partial charge in [-0.1, -0.05) is 36.6 Å². The molecule has 5 N–H and O–H groups in total. The van der Waals surface area contributed by atoms with Crippen LogP contribution < -0.4 is 20.5 Å². The first-order valence-electron chi connectivity index (χ1n) is 14.2. The summed E-state index contributed by atoms with van der Waals surface area (Å²) in [6.07, 6.45) is 8.05. The number of ether oxygens (including phenoxy) is 1. The first-order chi connectivity index (χ1) is 19.9.